The summed E-state index contributed by atoms with van der Waals surface area (Å²) in [6, 6.07) is 5.90. The van der Waals surface area contributed by atoms with Crippen molar-refractivity contribution in [2.45, 2.75) is 49.9 Å². The van der Waals surface area contributed by atoms with Gasteiger partial charge in [0.15, 0.2) is 0 Å². The first-order chi connectivity index (χ1) is 12.3. The number of amides is 1. The van der Waals surface area contributed by atoms with E-state index in [1.54, 1.807) is 0 Å². The maximum atomic E-state index is 12.8. The van der Waals surface area contributed by atoms with Gasteiger partial charge < -0.3 is 15.2 Å². The summed E-state index contributed by atoms with van der Waals surface area (Å²) in [6.07, 6.45) is 1.18. The topological polar surface area (TPSA) is 95.9 Å². The Balaban J connectivity index is 1.65. The molecule has 1 saturated heterocycles. The van der Waals surface area contributed by atoms with E-state index < -0.39 is 16.1 Å². The van der Waals surface area contributed by atoms with Gasteiger partial charge in [0.2, 0.25) is 10.0 Å². The van der Waals surface area contributed by atoms with Gasteiger partial charge >= 0.3 is 0 Å². The number of carbonyl (C=O) groups excluding carboxylic acids is 1. The zero-order chi connectivity index (χ0) is 18.9. The molecule has 1 aromatic rings. The van der Waals surface area contributed by atoms with E-state index in [0.29, 0.717) is 24.6 Å². The molecule has 1 heterocycles. The Kier molecular flexibility index (Phi) is 5.67. The number of sulfonamides is 1. The van der Waals surface area contributed by atoms with Crippen LogP contribution in [0.2, 0.25) is 0 Å². The number of nitrogens with zero attached hydrogens (tertiary/aromatic N) is 1. The Morgan fingerprint density at radius 2 is 1.81 bits per heavy atom. The van der Waals surface area contributed by atoms with Crippen LogP contribution >= 0.6 is 0 Å². The van der Waals surface area contributed by atoms with Crippen LogP contribution in [-0.2, 0) is 14.8 Å². The number of morpholine rings is 1. The molecule has 1 aliphatic heterocycles. The fourth-order valence-corrected chi connectivity index (χ4v) is 4.79. The molecule has 0 unspecified atom stereocenters. The maximum Gasteiger partial charge on any atom is 0.251 e. The van der Waals surface area contributed by atoms with Crippen LogP contribution in [0.5, 0.6) is 0 Å². The first-order valence-electron chi connectivity index (χ1n) is 8.99. The van der Waals surface area contributed by atoms with Crippen molar-refractivity contribution in [3.8, 4) is 0 Å². The largest absolute Gasteiger partial charge is 0.391 e. The maximum absolute atomic E-state index is 12.8. The lowest BCUT2D eigenvalue weighted by Crippen LogP contribution is -2.48. The summed E-state index contributed by atoms with van der Waals surface area (Å²) in [4.78, 5) is 12.3. The van der Waals surface area contributed by atoms with Crippen LogP contribution in [0, 0.1) is 5.92 Å². The van der Waals surface area contributed by atoms with Gasteiger partial charge in [-0.3, -0.25) is 4.79 Å². The molecule has 1 saturated carbocycles. The second kappa shape index (κ2) is 7.64. The minimum absolute atomic E-state index is 0.156. The van der Waals surface area contributed by atoms with Crippen molar-refractivity contribution in [3.63, 3.8) is 0 Å². The zero-order valence-electron chi connectivity index (χ0n) is 15.1. The van der Waals surface area contributed by atoms with E-state index in [4.69, 9.17) is 4.74 Å². The minimum Gasteiger partial charge on any atom is -0.391 e. The monoisotopic (exact) mass is 382 g/mol. The Bertz CT molecular complexity index is 735. The van der Waals surface area contributed by atoms with Gasteiger partial charge in [-0.05, 0) is 56.9 Å². The van der Waals surface area contributed by atoms with Gasteiger partial charge in [0.25, 0.3) is 5.91 Å². The zero-order valence-corrected chi connectivity index (χ0v) is 15.9. The molecule has 7 nitrogen and oxygen atoms in total. The van der Waals surface area contributed by atoms with E-state index in [1.807, 2.05) is 13.8 Å². The smallest absolute Gasteiger partial charge is 0.251 e. The van der Waals surface area contributed by atoms with Crippen LogP contribution in [0.4, 0.5) is 0 Å². The summed E-state index contributed by atoms with van der Waals surface area (Å²) in [6.45, 7) is 4.54. The Hall–Kier alpha value is -1.48. The van der Waals surface area contributed by atoms with Gasteiger partial charge in [-0.1, -0.05) is 0 Å². The number of ether oxygens (including phenoxy) is 1. The number of benzene rings is 1. The molecule has 3 rings (SSSR count). The van der Waals surface area contributed by atoms with Gasteiger partial charge in [0.05, 0.1) is 23.2 Å². The summed E-state index contributed by atoms with van der Waals surface area (Å²) in [5.41, 5.74) is 0.371. The summed E-state index contributed by atoms with van der Waals surface area (Å²) >= 11 is 0. The highest BCUT2D eigenvalue weighted by Gasteiger charge is 2.32. The second-order valence-corrected chi connectivity index (χ2v) is 9.16. The fraction of sp³-hybridized carbons (Fsp3) is 0.611. The average molecular weight is 382 g/mol. The quantitative estimate of drug-likeness (QED) is 0.765. The molecule has 8 heteroatoms. The van der Waals surface area contributed by atoms with Gasteiger partial charge in [-0.15, -0.1) is 0 Å². The predicted molar refractivity (Wildman–Crippen MR) is 96.3 cm³/mol. The van der Waals surface area contributed by atoms with E-state index in [1.165, 1.54) is 28.6 Å². The van der Waals surface area contributed by atoms with Crippen molar-refractivity contribution in [2.75, 3.05) is 19.6 Å². The molecule has 2 fully saturated rings. The third-order valence-electron chi connectivity index (χ3n) is 4.78. The number of aliphatic hydroxyl groups excluding tert-OH is 1. The van der Waals surface area contributed by atoms with Gasteiger partial charge in [-0.2, -0.15) is 4.31 Å². The molecule has 26 heavy (non-hydrogen) atoms. The molecule has 3 atom stereocenters. The van der Waals surface area contributed by atoms with Crippen LogP contribution in [-0.4, -0.2) is 61.7 Å². The SMILES string of the molecule is C[C@@H]1CN(S(=O)(=O)c2ccc(C(=O)NC[C@H](O)C3CC3)cc2)C[C@@H](C)O1. The molecule has 2 aliphatic rings. The molecule has 144 valence electrons. The van der Waals surface area contributed by atoms with Crippen LogP contribution in [0.1, 0.15) is 37.0 Å². The molecule has 1 aromatic carbocycles. The predicted octanol–water partition coefficient (Wildman–Crippen LogP) is 0.985. The van der Waals surface area contributed by atoms with Crippen molar-refractivity contribution in [3.05, 3.63) is 29.8 Å². The molecule has 2 N–H and O–H groups in total. The third-order valence-corrected chi connectivity index (χ3v) is 6.62. The van der Waals surface area contributed by atoms with Crippen LogP contribution in [0.15, 0.2) is 29.2 Å². The van der Waals surface area contributed by atoms with E-state index in [0.717, 1.165) is 12.8 Å². The number of hydrogen-bond acceptors (Lipinski definition) is 5. The lowest BCUT2D eigenvalue weighted by molar-refractivity contribution is -0.0440. The van der Waals surface area contributed by atoms with E-state index in [-0.39, 0.29) is 29.6 Å². The molecular weight excluding hydrogens is 356 g/mol. The molecule has 1 amide bonds. The Labute approximate surface area is 154 Å². The standard InChI is InChI=1S/C18H26N2O5S/c1-12-10-20(11-13(2)25-12)26(23,24)16-7-5-15(6-8-16)18(22)19-9-17(21)14-3-4-14/h5-8,12-14,17,21H,3-4,9-11H2,1-2H3,(H,19,22)/t12-,13-,17+/m1/s1. The second-order valence-electron chi connectivity index (χ2n) is 7.22. The van der Waals surface area contributed by atoms with Gasteiger partial charge in [0, 0.05) is 25.2 Å². The highest BCUT2D eigenvalue weighted by Crippen LogP contribution is 2.32. The molecule has 0 aromatic heterocycles. The summed E-state index contributed by atoms with van der Waals surface area (Å²) in [7, 11) is -3.62. The van der Waals surface area contributed by atoms with E-state index >= 15 is 0 Å². The highest BCUT2D eigenvalue weighted by atomic mass is 32.2. The molecule has 0 bridgehead atoms. The summed E-state index contributed by atoms with van der Waals surface area (Å²) in [5.74, 6) is -0.0246. The van der Waals surface area contributed by atoms with Gasteiger partial charge in [-0.25, -0.2) is 8.42 Å². The number of aliphatic hydroxyl groups is 1. The Morgan fingerprint density at radius 1 is 1.23 bits per heavy atom. The first-order valence-corrected chi connectivity index (χ1v) is 10.4. The molecular formula is C18H26N2O5S. The number of carbonyl (C=O) groups is 1. The molecule has 1 aliphatic carbocycles. The van der Waals surface area contributed by atoms with Crippen LogP contribution in [0.3, 0.4) is 0 Å². The van der Waals surface area contributed by atoms with E-state index in [2.05, 4.69) is 5.32 Å². The average Bonchev–Trinajstić information content (AvgIpc) is 3.43. The minimum atomic E-state index is -3.62. The summed E-state index contributed by atoms with van der Waals surface area (Å²) in [5, 5.41) is 12.5. The number of rotatable bonds is 6. The van der Waals surface area contributed by atoms with Crippen molar-refractivity contribution in [1.29, 1.82) is 0 Å². The Morgan fingerprint density at radius 3 is 2.35 bits per heavy atom. The van der Waals surface area contributed by atoms with Gasteiger partial charge in [0.1, 0.15) is 0 Å². The van der Waals surface area contributed by atoms with Crippen molar-refractivity contribution in [2.24, 2.45) is 5.92 Å². The lowest BCUT2D eigenvalue weighted by Gasteiger charge is -2.34. The van der Waals surface area contributed by atoms with E-state index in [9.17, 15) is 18.3 Å². The normalized spacial score (nSPS) is 25.7. The fourth-order valence-electron chi connectivity index (χ4n) is 3.20. The third kappa shape index (κ3) is 4.43. The van der Waals surface area contributed by atoms with Crippen molar-refractivity contribution in [1.82, 2.24) is 9.62 Å². The molecule has 0 spiro atoms. The highest BCUT2D eigenvalue weighted by molar-refractivity contribution is 7.89. The number of hydrogen-bond donors (Lipinski definition) is 2. The van der Waals surface area contributed by atoms with Crippen LogP contribution < -0.4 is 5.32 Å². The molecule has 0 radical (unpaired) electrons. The van der Waals surface area contributed by atoms with Crippen molar-refractivity contribution < 1.29 is 23.1 Å². The number of nitrogens with one attached hydrogen (secondary N) is 1. The van der Waals surface area contributed by atoms with Crippen LogP contribution in [0.25, 0.3) is 0 Å². The lowest BCUT2D eigenvalue weighted by atomic mass is 10.2. The summed E-state index contributed by atoms with van der Waals surface area (Å²) < 4.78 is 32.6. The first kappa shape index (κ1) is 19.3. The van der Waals surface area contributed by atoms with Crippen molar-refractivity contribution >= 4 is 15.9 Å².